The van der Waals surface area contributed by atoms with Gasteiger partial charge in [-0.3, -0.25) is 0 Å². The van der Waals surface area contributed by atoms with Crippen molar-refractivity contribution in [2.24, 2.45) is 0 Å². The van der Waals surface area contributed by atoms with Crippen LogP contribution in [0.15, 0.2) is 35.1 Å². The van der Waals surface area contributed by atoms with Gasteiger partial charge in [0.05, 0.1) is 6.54 Å². The molecule has 0 aliphatic carbocycles. The number of carbonyl (C=O) groups excluding carboxylic acids is 1. The zero-order valence-electron chi connectivity index (χ0n) is 14.1. The molecular formula is C19H22N2O4. The lowest BCUT2D eigenvalue weighted by Gasteiger charge is -2.31. The molecule has 0 amide bonds. The lowest BCUT2D eigenvalue weighted by Crippen LogP contribution is -2.33. The molecule has 0 saturated carbocycles. The lowest BCUT2D eigenvalue weighted by atomic mass is 10.0. The number of nitrogens with zero attached hydrogens (tertiary/aromatic N) is 2. The van der Waals surface area contributed by atoms with Crippen LogP contribution in [0.25, 0.3) is 0 Å². The number of hydrogen-bond acceptors (Lipinski definition) is 6. The molecule has 1 aromatic heterocycles. The van der Waals surface area contributed by atoms with Crippen LogP contribution in [-0.4, -0.2) is 37.3 Å². The third-order valence-electron chi connectivity index (χ3n) is 4.81. The van der Waals surface area contributed by atoms with Crippen molar-refractivity contribution in [1.82, 2.24) is 4.98 Å². The molecule has 2 aliphatic heterocycles. The number of carbonyl (C=O) groups is 1. The van der Waals surface area contributed by atoms with Crippen molar-refractivity contribution in [3.63, 3.8) is 0 Å². The minimum atomic E-state index is -0.440. The zero-order valence-corrected chi connectivity index (χ0v) is 14.1. The Morgan fingerprint density at radius 1 is 1.32 bits per heavy atom. The lowest BCUT2D eigenvalue weighted by molar-refractivity contribution is 0.0487. The number of oxazole rings is 1. The molecule has 1 saturated heterocycles. The number of aromatic nitrogens is 1. The molecule has 6 nitrogen and oxygen atoms in total. The fraction of sp³-hybridized carbons (Fsp3) is 0.474. The van der Waals surface area contributed by atoms with E-state index in [0.717, 1.165) is 32.2 Å². The third-order valence-corrected chi connectivity index (χ3v) is 4.81. The first-order valence-corrected chi connectivity index (χ1v) is 8.88. The van der Waals surface area contributed by atoms with Gasteiger partial charge in [-0.05, 0) is 37.3 Å². The number of aryl methyl sites for hydroxylation is 1. The minimum absolute atomic E-state index is 0.181. The van der Waals surface area contributed by atoms with E-state index in [1.807, 2.05) is 6.07 Å². The maximum atomic E-state index is 12.4. The molecular weight excluding hydrogens is 320 g/mol. The largest absolute Gasteiger partial charge is 0.459 e. The molecule has 3 heterocycles. The van der Waals surface area contributed by atoms with E-state index >= 15 is 0 Å². The highest BCUT2D eigenvalue weighted by Gasteiger charge is 2.29. The predicted molar refractivity (Wildman–Crippen MR) is 91.7 cm³/mol. The van der Waals surface area contributed by atoms with E-state index in [1.165, 1.54) is 17.6 Å². The highest BCUT2D eigenvalue weighted by molar-refractivity contribution is 5.88. The van der Waals surface area contributed by atoms with Crippen molar-refractivity contribution < 1.29 is 18.7 Å². The van der Waals surface area contributed by atoms with Crippen LogP contribution in [0.4, 0.5) is 5.69 Å². The van der Waals surface area contributed by atoms with Crippen LogP contribution in [0.2, 0.25) is 0 Å². The normalized spacial score (nSPS) is 19.7. The van der Waals surface area contributed by atoms with Crippen LogP contribution >= 0.6 is 0 Å². The molecule has 0 radical (unpaired) electrons. The topological polar surface area (TPSA) is 64.8 Å². The minimum Gasteiger partial charge on any atom is -0.459 e. The summed E-state index contributed by atoms with van der Waals surface area (Å²) in [5, 5.41) is 0. The molecule has 0 unspecified atom stereocenters. The number of rotatable bonds is 5. The first-order chi connectivity index (χ1) is 12.3. The Labute approximate surface area is 146 Å². The molecule has 25 heavy (non-hydrogen) atoms. The van der Waals surface area contributed by atoms with Gasteiger partial charge in [0.15, 0.2) is 17.8 Å². The maximum absolute atomic E-state index is 12.4. The van der Waals surface area contributed by atoms with Gasteiger partial charge in [0, 0.05) is 18.8 Å². The average Bonchev–Trinajstić information content (AvgIpc) is 3.33. The van der Waals surface area contributed by atoms with Gasteiger partial charge in [-0.15, -0.1) is 0 Å². The Kier molecular flexibility index (Phi) is 4.70. The van der Waals surface area contributed by atoms with Gasteiger partial charge >= 0.3 is 5.97 Å². The van der Waals surface area contributed by atoms with Crippen LogP contribution in [-0.2, 0) is 15.9 Å². The number of benzene rings is 1. The van der Waals surface area contributed by atoms with Crippen molar-refractivity contribution in [2.45, 2.75) is 31.8 Å². The highest BCUT2D eigenvalue weighted by atomic mass is 16.5. The summed E-state index contributed by atoms with van der Waals surface area (Å²) >= 11 is 0. The van der Waals surface area contributed by atoms with Crippen molar-refractivity contribution >= 4 is 11.7 Å². The first-order valence-electron chi connectivity index (χ1n) is 8.88. The van der Waals surface area contributed by atoms with Gasteiger partial charge in [0.1, 0.15) is 12.7 Å². The molecule has 0 bridgehead atoms. The number of ether oxygens (including phenoxy) is 2. The van der Waals surface area contributed by atoms with E-state index in [-0.39, 0.29) is 11.8 Å². The first kappa shape index (κ1) is 16.1. The average molecular weight is 342 g/mol. The SMILES string of the molecule is O=C(OCCN1CCCc2ccccc21)c1ncoc1[C@H]1CCCO1. The summed E-state index contributed by atoms with van der Waals surface area (Å²) in [5.41, 5.74) is 2.84. The standard InChI is InChI=1S/C19H22N2O4/c22-19(17-18(25-13-20-17)16-8-4-11-23-16)24-12-10-21-9-3-6-14-5-1-2-7-15(14)21/h1-2,5,7,13,16H,3-4,6,8-12H2/t16-/m1/s1. The van der Waals surface area contributed by atoms with Gasteiger partial charge in [-0.1, -0.05) is 18.2 Å². The van der Waals surface area contributed by atoms with Crippen molar-refractivity contribution in [3.8, 4) is 0 Å². The summed E-state index contributed by atoms with van der Waals surface area (Å²) in [6.07, 6.45) is 5.15. The Balaban J connectivity index is 1.35. The van der Waals surface area contributed by atoms with E-state index in [9.17, 15) is 4.79 Å². The van der Waals surface area contributed by atoms with Gasteiger partial charge in [0.2, 0.25) is 0 Å². The fourth-order valence-electron chi connectivity index (χ4n) is 3.58. The molecule has 6 heteroatoms. The summed E-state index contributed by atoms with van der Waals surface area (Å²) in [6, 6.07) is 8.41. The molecule has 0 spiro atoms. The monoisotopic (exact) mass is 342 g/mol. The van der Waals surface area contributed by atoms with Crippen molar-refractivity contribution in [3.05, 3.63) is 47.7 Å². The second-order valence-corrected chi connectivity index (χ2v) is 6.42. The Hall–Kier alpha value is -2.34. The van der Waals surface area contributed by atoms with Crippen LogP contribution < -0.4 is 4.90 Å². The van der Waals surface area contributed by atoms with E-state index < -0.39 is 5.97 Å². The van der Waals surface area contributed by atoms with E-state index in [2.05, 4.69) is 28.1 Å². The zero-order chi connectivity index (χ0) is 17.1. The smallest absolute Gasteiger partial charge is 0.360 e. The van der Waals surface area contributed by atoms with Gasteiger partial charge < -0.3 is 18.8 Å². The van der Waals surface area contributed by atoms with Crippen LogP contribution in [0, 0.1) is 0 Å². The summed E-state index contributed by atoms with van der Waals surface area (Å²) in [7, 11) is 0. The van der Waals surface area contributed by atoms with Crippen LogP contribution in [0.5, 0.6) is 0 Å². The predicted octanol–water partition coefficient (Wildman–Crippen LogP) is 3.14. The van der Waals surface area contributed by atoms with Gasteiger partial charge in [-0.2, -0.15) is 0 Å². The second kappa shape index (κ2) is 7.27. The molecule has 1 aromatic carbocycles. The number of esters is 1. The molecule has 2 aromatic rings. The Morgan fingerprint density at radius 3 is 3.12 bits per heavy atom. The molecule has 2 aliphatic rings. The van der Waals surface area contributed by atoms with Crippen molar-refractivity contribution in [1.29, 1.82) is 0 Å². The van der Waals surface area contributed by atoms with E-state index in [4.69, 9.17) is 13.9 Å². The fourth-order valence-corrected chi connectivity index (χ4v) is 3.58. The second-order valence-electron chi connectivity index (χ2n) is 6.42. The molecule has 1 fully saturated rings. The third kappa shape index (κ3) is 3.39. The Morgan fingerprint density at radius 2 is 2.24 bits per heavy atom. The summed E-state index contributed by atoms with van der Waals surface area (Å²) in [6.45, 7) is 2.68. The molecule has 1 atom stereocenters. The molecule has 132 valence electrons. The van der Waals surface area contributed by atoms with E-state index in [1.54, 1.807) is 0 Å². The highest BCUT2D eigenvalue weighted by Crippen LogP contribution is 2.31. The number of anilines is 1. The van der Waals surface area contributed by atoms with Crippen LogP contribution in [0.1, 0.15) is 47.2 Å². The molecule has 4 rings (SSSR count). The summed E-state index contributed by atoms with van der Waals surface area (Å²) in [4.78, 5) is 18.7. The maximum Gasteiger partial charge on any atom is 0.360 e. The van der Waals surface area contributed by atoms with Gasteiger partial charge in [-0.25, -0.2) is 9.78 Å². The number of hydrogen-bond donors (Lipinski definition) is 0. The number of para-hydroxylation sites is 1. The Bertz CT molecular complexity index is 737. The van der Waals surface area contributed by atoms with Crippen LogP contribution in [0.3, 0.4) is 0 Å². The van der Waals surface area contributed by atoms with Gasteiger partial charge in [0.25, 0.3) is 0 Å². The summed E-state index contributed by atoms with van der Waals surface area (Å²) < 4.78 is 16.4. The summed E-state index contributed by atoms with van der Waals surface area (Å²) in [5.74, 6) is 0.0513. The molecule has 0 N–H and O–H groups in total. The number of fused-ring (bicyclic) bond motifs is 1. The quantitative estimate of drug-likeness (QED) is 0.778. The van der Waals surface area contributed by atoms with E-state index in [0.29, 0.717) is 25.5 Å². The van der Waals surface area contributed by atoms with Crippen molar-refractivity contribution in [2.75, 3.05) is 31.2 Å².